The molecule has 0 heterocycles. The molecule has 0 saturated heterocycles. The zero-order valence-corrected chi connectivity index (χ0v) is 13.5. The standard InChI is InChI=1S/C17H36O2/c1-4-5-6-7-8-9-10-11-12-13-16(18)14-15-17(2,3)19/h16,18-19H,4-15H2,1-3H3. The van der Waals surface area contributed by atoms with Crippen LogP contribution in [-0.4, -0.2) is 21.9 Å². The highest BCUT2D eigenvalue weighted by Crippen LogP contribution is 2.16. The second kappa shape index (κ2) is 11.7. The van der Waals surface area contributed by atoms with Gasteiger partial charge < -0.3 is 10.2 Å². The number of rotatable bonds is 13. The summed E-state index contributed by atoms with van der Waals surface area (Å²) in [6, 6.07) is 0. The maximum atomic E-state index is 9.80. The third-order valence-corrected chi connectivity index (χ3v) is 3.73. The molecule has 0 aliphatic carbocycles. The molecule has 19 heavy (non-hydrogen) atoms. The molecule has 0 saturated carbocycles. The molecule has 0 aromatic heterocycles. The van der Waals surface area contributed by atoms with Gasteiger partial charge in [-0.25, -0.2) is 0 Å². The van der Waals surface area contributed by atoms with E-state index in [1.165, 1.54) is 51.4 Å². The molecule has 0 fully saturated rings. The fourth-order valence-electron chi connectivity index (χ4n) is 2.35. The Balaban J connectivity index is 3.21. The summed E-state index contributed by atoms with van der Waals surface area (Å²) in [5.74, 6) is 0. The zero-order valence-electron chi connectivity index (χ0n) is 13.5. The Hall–Kier alpha value is -0.0800. The average Bonchev–Trinajstić information content (AvgIpc) is 2.33. The van der Waals surface area contributed by atoms with E-state index < -0.39 is 5.60 Å². The maximum absolute atomic E-state index is 9.80. The molecule has 0 aromatic rings. The lowest BCUT2D eigenvalue weighted by molar-refractivity contribution is 0.0465. The first-order valence-corrected chi connectivity index (χ1v) is 8.36. The minimum Gasteiger partial charge on any atom is -0.393 e. The lowest BCUT2D eigenvalue weighted by Crippen LogP contribution is -2.21. The summed E-state index contributed by atoms with van der Waals surface area (Å²) in [4.78, 5) is 0. The molecule has 0 aliphatic heterocycles. The topological polar surface area (TPSA) is 40.5 Å². The molecule has 0 rings (SSSR count). The Morgan fingerprint density at radius 1 is 0.789 bits per heavy atom. The van der Waals surface area contributed by atoms with Gasteiger partial charge in [-0.3, -0.25) is 0 Å². The largest absolute Gasteiger partial charge is 0.393 e. The summed E-state index contributed by atoms with van der Waals surface area (Å²) in [6.45, 7) is 5.86. The van der Waals surface area contributed by atoms with Gasteiger partial charge in [0, 0.05) is 0 Å². The number of hydrogen-bond donors (Lipinski definition) is 2. The van der Waals surface area contributed by atoms with Gasteiger partial charge in [-0.15, -0.1) is 0 Å². The van der Waals surface area contributed by atoms with Crippen LogP contribution in [0.3, 0.4) is 0 Å². The SMILES string of the molecule is CCCCCCCCCCCC(O)CCC(C)(C)O. The normalized spacial score (nSPS) is 13.7. The third kappa shape index (κ3) is 15.9. The van der Waals surface area contributed by atoms with E-state index >= 15 is 0 Å². The van der Waals surface area contributed by atoms with E-state index in [2.05, 4.69) is 6.92 Å². The first-order chi connectivity index (χ1) is 8.95. The van der Waals surface area contributed by atoms with Gasteiger partial charge in [0.2, 0.25) is 0 Å². The van der Waals surface area contributed by atoms with Crippen molar-refractivity contribution in [1.29, 1.82) is 0 Å². The van der Waals surface area contributed by atoms with Crippen molar-refractivity contribution in [2.24, 2.45) is 0 Å². The van der Waals surface area contributed by atoms with E-state index in [-0.39, 0.29) is 6.10 Å². The van der Waals surface area contributed by atoms with Crippen LogP contribution < -0.4 is 0 Å². The Kier molecular flexibility index (Phi) is 11.7. The number of aliphatic hydroxyl groups is 2. The van der Waals surface area contributed by atoms with E-state index in [1.54, 1.807) is 13.8 Å². The van der Waals surface area contributed by atoms with Gasteiger partial charge in [-0.2, -0.15) is 0 Å². The Morgan fingerprint density at radius 2 is 1.26 bits per heavy atom. The summed E-state index contributed by atoms with van der Waals surface area (Å²) >= 11 is 0. The Morgan fingerprint density at radius 3 is 1.74 bits per heavy atom. The number of aliphatic hydroxyl groups excluding tert-OH is 1. The van der Waals surface area contributed by atoms with Crippen molar-refractivity contribution < 1.29 is 10.2 Å². The molecule has 2 N–H and O–H groups in total. The zero-order chi connectivity index (χ0) is 14.6. The molecular weight excluding hydrogens is 236 g/mol. The molecule has 0 radical (unpaired) electrons. The minimum atomic E-state index is -0.639. The average molecular weight is 272 g/mol. The van der Waals surface area contributed by atoms with E-state index in [0.29, 0.717) is 6.42 Å². The van der Waals surface area contributed by atoms with Crippen molar-refractivity contribution in [3.63, 3.8) is 0 Å². The summed E-state index contributed by atoms with van der Waals surface area (Å²) < 4.78 is 0. The molecular formula is C17H36O2. The second-order valence-corrected chi connectivity index (χ2v) is 6.62. The van der Waals surface area contributed by atoms with Crippen LogP contribution in [0, 0.1) is 0 Å². The quantitative estimate of drug-likeness (QED) is 0.472. The van der Waals surface area contributed by atoms with Crippen LogP contribution in [0.5, 0.6) is 0 Å². The highest BCUT2D eigenvalue weighted by Gasteiger charge is 2.14. The van der Waals surface area contributed by atoms with Gasteiger partial charge >= 0.3 is 0 Å². The number of hydrogen-bond acceptors (Lipinski definition) is 2. The molecule has 0 aliphatic rings. The first-order valence-electron chi connectivity index (χ1n) is 8.36. The monoisotopic (exact) mass is 272 g/mol. The summed E-state index contributed by atoms with van der Waals surface area (Å²) in [5.41, 5.74) is -0.639. The molecule has 0 bridgehead atoms. The van der Waals surface area contributed by atoms with E-state index in [4.69, 9.17) is 0 Å². The van der Waals surface area contributed by atoms with Crippen molar-refractivity contribution in [1.82, 2.24) is 0 Å². The van der Waals surface area contributed by atoms with Crippen LogP contribution in [0.1, 0.15) is 97.8 Å². The van der Waals surface area contributed by atoms with Crippen molar-refractivity contribution in [3.8, 4) is 0 Å². The van der Waals surface area contributed by atoms with Gasteiger partial charge in [0.25, 0.3) is 0 Å². The predicted molar refractivity (Wildman–Crippen MR) is 83.4 cm³/mol. The molecule has 1 unspecified atom stereocenters. The molecule has 1 atom stereocenters. The van der Waals surface area contributed by atoms with Gasteiger partial charge in [0.1, 0.15) is 0 Å². The van der Waals surface area contributed by atoms with Crippen LogP contribution >= 0.6 is 0 Å². The van der Waals surface area contributed by atoms with Gasteiger partial charge in [-0.1, -0.05) is 64.7 Å². The van der Waals surface area contributed by atoms with Crippen LogP contribution in [0.2, 0.25) is 0 Å². The van der Waals surface area contributed by atoms with Crippen LogP contribution in [0.4, 0.5) is 0 Å². The second-order valence-electron chi connectivity index (χ2n) is 6.62. The third-order valence-electron chi connectivity index (χ3n) is 3.73. The van der Waals surface area contributed by atoms with E-state index in [1.807, 2.05) is 0 Å². The Bertz CT molecular complexity index is 184. The molecule has 116 valence electrons. The van der Waals surface area contributed by atoms with Crippen molar-refractivity contribution in [3.05, 3.63) is 0 Å². The van der Waals surface area contributed by atoms with E-state index in [9.17, 15) is 10.2 Å². The fourth-order valence-corrected chi connectivity index (χ4v) is 2.35. The van der Waals surface area contributed by atoms with Gasteiger partial charge in [0.05, 0.1) is 11.7 Å². The molecule has 0 spiro atoms. The Labute approximate surface area is 120 Å². The van der Waals surface area contributed by atoms with Crippen molar-refractivity contribution in [2.45, 2.75) is 110 Å². The van der Waals surface area contributed by atoms with Crippen LogP contribution in [-0.2, 0) is 0 Å². The van der Waals surface area contributed by atoms with Gasteiger partial charge in [0.15, 0.2) is 0 Å². The summed E-state index contributed by atoms with van der Waals surface area (Å²) in [7, 11) is 0. The molecule has 0 amide bonds. The molecule has 2 heteroatoms. The highest BCUT2D eigenvalue weighted by molar-refractivity contribution is 4.68. The van der Waals surface area contributed by atoms with Crippen LogP contribution in [0.15, 0.2) is 0 Å². The van der Waals surface area contributed by atoms with Gasteiger partial charge in [-0.05, 0) is 33.1 Å². The lowest BCUT2D eigenvalue weighted by atomic mass is 9.97. The molecule has 0 aromatic carbocycles. The van der Waals surface area contributed by atoms with Crippen LogP contribution in [0.25, 0.3) is 0 Å². The summed E-state index contributed by atoms with van der Waals surface area (Å²) in [6.07, 6.45) is 14.0. The number of unbranched alkanes of at least 4 members (excludes halogenated alkanes) is 8. The minimum absolute atomic E-state index is 0.226. The predicted octanol–water partition coefficient (Wildman–Crippen LogP) is 4.82. The fraction of sp³-hybridized carbons (Fsp3) is 1.00. The lowest BCUT2D eigenvalue weighted by Gasteiger charge is -2.19. The maximum Gasteiger partial charge on any atom is 0.0592 e. The highest BCUT2D eigenvalue weighted by atomic mass is 16.3. The first kappa shape index (κ1) is 18.9. The van der Waals surface area contributed by atoms with E-state index in [0.717, 1.165) is 19.3 Å². The smallest absolute Gasteiger partial charge is 0.0592 e. The summed E-state index contributed by atoms with van der Waals surface area (Å²) in [5, 5.41) is 19.4. The van der Waals surface area contributed by atoms with Crippen molar-refractivity contribution >= 4 is 0 Å². The van der Waals surface area contributed by atoms with Crippen molar-refractivity contribution in [2.75, 3.05) is 0 Å². The molecule has 2 nitrogen and oxygen atoms in total.